The van der Waals surface area contributed by atoms with Crippen LogP contribution in [0.1, 0.15) is 5.56 Å². The van der Waals surface area contributed by atoms with E-state index in [1.54, 1.807) is 0 Å². The summed E-state index contributed by atoms with van der Waals surface area (Å²) in [6.07, 6.45) is 0. The molecule has 0 amide bonds. The second-order valence-corrected chi connectivity index (χ2v) is 3.79. The van der Waals surface area contributed by atoms with Crippen LogP contribution in [-0.2, 0) is 0 Å². The van der Waals surface area contributed by atoms with Crippen LogP contribution in [0.2, 0.25) is 0 Å². The van der Waals surface area contributed by atoms with Crippen molar-refractivity contribution in [3.63, 3.8) is 0 Å². The van der Waals surface area contributed by atoms with E-state index in [1.807, 2.05) is 0 Å². The Morgan fingerprint density at radius 1 is 1.00 bits per heavy atom. The number of hydrogen-bond donors (Lipinski definition) is 1. The molecule has 2 aromatic carbocycles. The monoisotopic (exact) mass is 197 g/mol. The molecule has 3 rings (SSSR count). The van der Waals surface area contributed by atoms with E-state index in [0.717, 1.165) is 18.9 Å². The fourth-order valence-electron chi connectivity index (χ4n) is 2.09. The summed E-state index contributed by atoms with van der Waals surface area (Å²) in [6, 6.07) is 14.9. The van der Waals surface area contributed by atoms with Crippen LogP contribution in [0, 0.1) is 0 Å². The Balaban J connectivity index is 2.26. The average Bonchev–Trinajstić information content (AvgIpc) is 2.82. The van der Waals surface area contributed by atoms with Gasteiger partial charge < -0.3 is 0 Å². The van der Waals surface area contributed by atoms with Crippen LogP contribution >= 0.6 is 0 Å². The van der Waals surface area contributed by atoms with E-state index >= 15 is 0 Å². The van der Waals surface area contributed by atoms with Crippen molar-refractivity contribution in [2.24, 2.45) is 4.99 Å². The van der Waals surface area contributed by atoms with Crippen LogP contribution < -0.4 is 5.32 Å². The molecule has 15 heavy (non-hydrogen) atoms. The van der Waals surface area contributed by atoms with Crippen molar-refractivity contribution in [1.82, 2.24) is 0 Å². The van der Waals surface area contributed by atoms with E-state index in [1.165, 1.54) is 16.3 Å². The predicted octanol–water partition coefficient (Wildman–Crippen LogP) is 1.16. The minimum absolute atomic E-state index is 0.943. The van der Waals surface area contributed by atoms with E-state index in [2.05, 4.69) is 52.8 Å². The summed E-state index contributed by atoms with van der Waals surface area (Å²) >= 11 is 0. The van der Waals surface area contributed by atoms with Crippen LogP contribution in [0.5, 0.6) is 0 Å². The van der Waals surface area contributed by atoms with Gasteiger partial charge in [0.15, 0.2) is 0 Å². The molecular formula is C13H13N2+. The predicted molar refractivity (Wildman–Crippen MR) is 62.1 cm³/mol. The van der Waals surface area contributed by atoms with Gasteiger partial charge in [0.05, 0.1) is 12.1 Å². The summed E-state index contributed by atoms with van der Waals surface area (Å²) in [5.41, 5.74) is 1.27. The van der Waals surface area contributed by atoms with E-state index in [0.29, 0.717) is 0 Å². The first-order valence-electron chi connectivity index (χ1n) is 5.31. The van der Waals surface area contributed by atoms with E-state index in [9.17, 15) is 0 Å². The fraction of sp³-hybridized carbons (Fsp3) is 0.154. The molecule has 0 aliphatic carbocycles. The Bertz CT molecular complexity index is 524. The number of quaternary nitrogens is 1. The van der Waals surface area contributed by atoms with Gasteiger partial charge in [0.2, 0.25) is 5.84 Å². The van der Waals surface area contributed by atoms with Gasteiger partial charge in [-0.05, 0) is 16.8 Å². The van der Waals surface area contributed by atoms with E-state index < -0.39 is 0 Å². The molecule has 2 N–H and O–H groups in total. The third kappa shape index (κ3) is 1.43. The van der Waals surface area contributed by atoms with Crippen molar-refractivity contribution in [3.8, 4) is 0 Å². The molecule has 1 aliphatic heterocycles. The zero-order valence-corrected chi connectivity index (χ0v) is 8.48. The largest absolute Gasteiger partial charge is 0.296 e. The van der Waals surface area contributed by atoms with Crippen molar-refractivity contribution in [3.05, 3.63) is 48.0 Å². The number of aliphatic imine (C=N–C) groups is 1. The van der Waals surface area contributed by atoms with Crippen LogP contribution in [0.4, 0.5) is 0 Å². The number of nitrogens with two attached hydrogens (primary N) is 1. The number of amidine groups is 1. The first kappa shape index (κ1) is 8.62. The molecule has 1 aliphatic rings. The molecule has 0 fully saturated rings. The topological polar surface area (TPSA) is 29.0 Å². The molecule has 2 nitrogen and oxygen atoms in total. The molecule has 0 unspecified atom stereocenters. The molecule has 0 radical (unpaired) electrons. The maximum Gasteiger partial charge on any atom is 0.227 e. The van der Waals surface area contributed by atoms with Crippen molar-refractivity contribution >= 4 is 16.6 Å². The Labute approximate surface area is 88.6 Å². The summed E-state index contributed by atoms with van der Waals surface area (Å²) in [6.45, 7) is 2.02. The Kier molecular flexibility index (Phi) is 2.00. The number of nitrogens with zero attached hydrogens (tertiary/aromatic N) is 1. The van der Waals surface area contributed by atoms with E-state index in [-0.39, 0.29) is 0 Å². The second-order valence-electron chi connectivity index (χ2n) is 3.79. The quantitative estimate of drug-likeness (QED) is 0.711. The summed E-state index contributed by atoms with van der Waals surface area (Å²) < 4.78 is 0. The number of rotatable bonds is 1. The molecule has 2 heteroatoms. The van der Waals surface area contributed by atoms with Gasteiger partial charge in [0, 0.05) is 0 Å². The Hall–Kier alpha value is -1.67. The zero-order valence-electron chi connectivity index (χ0n) is 8.48. The smallest absolute Gasteiger partial charge is 0.227 e. The minimum atomic E-state index is 0.943. The minimum Gasteiger partial charge on any atom is -0.296 e. The van der Waals surface area contributed by atoms with Crippen LogP contribution in [0.15, 0.2) is 47.5 Å². The lowest BCUT2D eigenvalue weighted by Gasteiger charge is -2.03. The maximum absolute atomic E-state index is 4.52. The van der Waals surface area contributed by atoms with Gasteiger partial charge in [-0.15, -0.1) is 0 Å². The summed E-state index contributed by atoms with van der Waals surface area (Å²) in [7, 11) is 0. The Morgan fingerprint density at radius 2 is 1.87 bits per heavy atom. The first-order valence-corrected chi connectivity index (χ1v) is 5.31. The van der Waals surface area contributed by atoms with Crippen LogP contribution in [-0.4, -0.2) is 18.9 Å². The second kappa shape index (κ2) is 3.48. The van der Waals surface area contributed by atoms with Crippen LogP contribution in [0.3, 0.4) is 0 Å². The molecular weight excluding hydrogens is 184 g/mol. The summed E-state index contributed by atoms with van der Waals surface area (Å²) in [5, 5.41) is 4.82. The number of benzene rings is 2. The summed E-state index contributed by atoms with van der Waals surface area (Å²) in [5.74, 6) is 1.16. The van der Waals surface area contributed by atoms with Crippen molar-refractivity contribution in [2.75, 3.05) is 13.1 Å². The molecule has 74 valence electrons. The Morgan fingerprint density at radius 3 is 2.73 bits per heavy atom. The molecule has 0 spiro atoms. The fourth-order valence-corrected chi connectivity index (χ4v) is 2.09. The standard InChI is InChI=1S/C13H12N2/c1-2-6-11-10(4-1)5-3-7-12(11)13-14-8-9-15-13/h1-7H,8-9H2,(H,14,15)/p+1. The van der Waals surface area contributed by atoms with Gasteiger partial charge in [-0.25, -0.2) is 4.99 Å². The molecule has 0 saturated heterocycles. The lowest BCUT2D eigenvalue weighted by molar-refractivity contribution is -0.526. The van der Waals surface area contributed by atoms with Gasteiger partial charge in [-0.2, -0.15) is 0 Å². The summed E-state index contributed by atoms with van der Waals surface area (Å²) in [4.78, 5) is 4.52. The third-order valence-electron chi connectivity index (χ3n) is 2.81. The SMILES string of the molecule is c1ccc2c(C3=NCC[NH2+]3)cccc2c1. The normalized spacial score (nSPS) is 15.6. The van der Waals surface area contributed by atoms with Gasteiger partial charge in [0.25, 0.3) is 0 Å². The molecule has 0 aromatic heterocycles. The highest BCUT2D eigenvalue weighted by molar-refractivity contribution is 6.05. The first-order chi connectivity index (χ1) is 7.45. The van der Waals surface area contributed by atoms with Crippen molar-refractivity contribution < 1.29 is 5.32 Å². The molecule has 0 atom stereocenters. The number of hydrogen-bond acceptors (Lipinski definition) is 1. The molecule has 2 aromatic rings. The highest BCUT2D eigenvalue weighted by Gasteiger charge is 2.14. The lowest BCUT2D eigenvalue weighted by atomic mass is 10.0. The third-order valence-corrected chi connectivity index (χ3v) is 2.81. The maximum atomic E-state index is 4.52. The van der Waals surface area contributed by atoms with Gasteiger partial charge in [-0.1, -0.05) is 36.4 Å². The molecule has 0 saturated carbocycles. The highest BCUT2D eigenvalue weighted by atomic mass is 15.1. The number of fused-ring (bicyclic) bond motifs is 1. The highest BCUT2D eigenvalue weighted by Crippen LogP contribution is 2.18. The van der Waals surface area contributed by atoms with Crippen molar-refractivity contribution in [1.29, 1.82) is 0 Å². The van der Waals surface area contributed by atoms with E-state index in [4.69, 9.17) is 0 Å². The lowest BCUT2D eigenvalue weighted by Crippen LogP contribution is -2.86. The van der Waals surface area contributed by atoms with Gasteiger partial charge in [0.1, 0.15) is 6.54 Å². The van der Waals surface area contributed by atoms with Gasteiger partial charge >= 0.3 is 0 Å². The average molecular weight is 197 g/mol. The zero-order chi connectivity index (χ0) is 10.1. The van der Waals surface area contributed by atoms with Crippen molar-refractivity contribution in [2.45, 2.75) is 0 Å². The molecule has 0 bridgehead atoms. The van der Waals surface area contributed by atoms with Gasteiger partial charge in [-0.3, -0.25) is 5.32 Å². The molecule has 1 heterocycles. The van der Waals surface area contributed by atoms with Crippen LogP contribution in [0.25, 0.3) is 10.8 Å².